The third-order valence-corrected chi connectivity index (χ3v) is 3.29. The number of carbonyl (C=O) groups excluding carboxylic acids is 1. The zero-order valence-electron chi connectivity index (χ0n) is 12.2. The van der Waals surface area contributed by atoms with E-state index in [9.17, 15) is 4.79 Å². The number of benzene rings is 1. The molecule has 0 atom stereocenters. The zero-order valence-corrected chi connectivity index (χ0v) is 12.2. The maximum atomic E-state index is 12.2. The number of nitrogens with zero attached hydrogens (tertiary/aromatic N) is 2. The lowest BCUT2D eigenvalue weighted by atomic mass is 10.2. The minimum absolute atomic E-state index is 0.114. The second kappa shape index (κ2) is 7.79. The van der Waals surface area contributed by atoms with Crippen LogP contribution in [0.15, 0.2) is 24.3 Å². The number of hydrogen-bond acceptors (Lipinski definition) is 3. The van der Waals surface area contributed by atoms with Crippen LogP contribution in [-0.4, -0.2) is 37.5 Å². The highest BCUT2D eigenvalue weighted by Gasteiger charge is 2.14. The first kappa shape index (κ1) is 15.5. The quantitative estimate of drug-likeness (QED) is 0.768. The minimum atomic E-state index is 0.114. The van der Waals surface area contributed by atoms with Crippen molar-refractivity contribution in [3.05, 3.63) is 24.3 Å². The van der Waals surface area contributed by atoms with E-state index in [0.29, 0.717) is 12.2 Å². The molecule has 0 saturated heterocycles. The van der Waals surface area contributed by atoms with E-state index < -0.39 is 0 Å². The van der Waals surface area contributed by atoms with E-state index in [1.807, 2.05) is 31.3 Å². The van der Waals surface area contributed by atoms with Gasteiger partial charge in [0.1, 0.15) is 0 Å². The average Bonchev–Trinajstić information content (AvgIpc) is 2.43. The Hall–Kier alpha value is -1.55. The molecule has 2 N–H and O–H groups in total. The van der Waals surface area contributed by atoms with E-state index >= 15 is 0 Å². The highest BCUT2D eigenvalue weighted by molar-refractivity contribution is 5.94. The molecule has 0 radical (unpaired) electrons. The molecular weight excluding hydrogens is 238 g/mol. The molecule has 0 aliphatic rings. The smallest absolute Gasteiger partial charge is 0.240 e. The fraction of sp³-hybridized carbons (Fsp3) is 0.533. The molecule has 0 aliphatic carbocycles. The molecule has 0 unspecified atom stereocenters. The number of carbonyl (C=O) groups is 1. The van der Waals surface area contributed by atoms with Gasteiger partial charge in [0.25, 0.3) is 0 Å². The first-order valence-corrected chi connectivity index (χ1v) is 6.93. The van der Waals surface area contributed by atoms with Gasteiger partial charge >= 0.3 is 0 Å². The summed E-state index contributed by atoms with van der Waals surface area (Å²) >= 11 is 0. The van der Waals surface area contributed by atoms with Crippen molar-refractivity contribution in [1.29, 1.82) is 0 Å². The summed E-state index contributed by atoms with van der Waals surface area (Å²) in [7, 11) is 1.81. The molecule has 106 valence electrons. The molecule has 4 heteroatoms. The normalized spacial score (nSPS) is 10.7. The summed E-state index contributed by atoms with van der Waals surface area (Å²) in [6, 6.07) is 7.37. The highest BCUT2D eigenvalue weighted by Crippen LogP contribution is 2.15. The molecule has 0 bridgehead atoms. The maximum Gasteiger partial charge on any atom is 0.240 e. The molecule has 1 aromatic rings. The summed E-state index contributed by atoms with van der Waals surface area (Å²) in [5.74, 6) is 0.114. The van der Waals surface area contributed by atoms with Crippen molar-refractivity contribution in [2.75, 3.05) is 37.3 Å². The van der Waals surface area contributed by atoms with Gasteiger partial charge in [-0.1, -0.05) is 20.3 Å². The third-order valence-electron chi connectivity index (χ3n) is 3.29. The van der Waals surface area contributed by atoms with Crippen LogP contribution in [0, 0.1) is 0 Å². The van der Waals surface area contributed by atoms with Gasteiger partial charge in [-0.2, -0.15) is 0 Å². The fourth-order valence-electron chi connectivity index (χ4n) is 1.87. The lowest BCUT2D eigenvalue weighted by Gasteiger charge is -2.24. The SMILES string of the molecule is CCCCN(CC)CC(=O)N(C)c1ccc(N)cc1. The van der Waals surface area contributed by atoms with E-state index in [2.05, 4.69) is 18.7 Å². The Morgan fingerprint density at radius 2 is 1.84 bits per heavy atom. The van der Waals surface area contributed by atoms with E-state index in [1.54, 1.807) is 4.90 Å². The van der Waals surface area contributed by atoms with Crippen LogP contribution in [0.4, 0.5) is 11.4 Å². The first-order valence-electron chi connectivity index (χ1n) is 6.93. The number of unbranched alkanes of at least 4 members (excludes halogenated alkanes) is 1. The van der Waals surface area contributed by atoms with Crippen molar-refractivity contribution in [2.24, 2.45) is 0 Å². The van der Waals surface area contributed by atoms with Crippen LogP contribution in [-0.2, 0) is 4.79 Å². The van der Waals surface area contributed by atoms with E-state index in [1.165, 1.54) is 0 Å². The Kier molecular flexibility index (Phi) is 6.36. The number of hydrogen-bond donors (Lipinski definition) is 1. The highest BCUT2D eigenvalue weighted by atomic mass is 16.2. The first-order chi connectivity index (χ1) is 9.08. The van der Waals surface area contributed by atoms with Crippen molar-refractivity contribution < 1.29 is 4.79 Å². The largest absolute Gasteiger partial charge is 0.399 e. The number of likely N-dealkylation sites (N-methyl/N-ethyl adjacent to an activating group) is 2. The maximum absolute atomic E-state index is 12.2. The summed E-state index contributed by atoms with van der Waals surface area (Å²) < 4.78 is 0. The van der Waals surface area contributed by atoms with Gasteiger partial charge in [-0.25, -0.2) is 0 Å². The van der Waals surface area contributed by atoms with Crippen LogP contribution in [0.5, 0.6) is 0 Å². The predicted molar refractivity (Wildman–Crippen MR) is 81.3 cm³/mol. The van der Waals surface area contributed by atoms with Crippen molar-refractivity contribution in [3.8, 4) is 0 Å². The summed E-state index contributed by atoms with van der Waals surface area (Å²) in [5.41, 5.74) is 7.24. The van der Waals surface area contributed by atoms with Crippen LogP contribution in [0.25, 0.3) is 0 Å². The van der Waals surface area contributed by atoms with E-state index in [4.69, 9.17) is 5.73 Å². The second-order valence-corrected chi connectivity index (χ2v) is 4.77. The van der Waals surface area contributed by atoms with Crippen molar-refractivity contribution in [3.63, 3.8) is 0 Å². The molecule has 0 aromatic heterocycles. The summed E-state index contributed by atoms with van der Waals surface area (Å²) in [6.07, 6.45) is 2.28. The van der Waals surface area contributed by atoms with Crippen molar-refractivity contribution in [1.82, 2.24) is 4.90 Å². The van der Waals surface area contributed by atoms with Crippen LogP contribution in [0.1, 0.15) is 26.7 Å². The molecule has 0 saturated carbocycles. The lowest BCUT2D eigenvalue weighted by molar-refractivity contribution is -0.119. The monoisotopic (exact) mass is 263 g/mol. The summed E-state index contributed by atoms with van der Waals surface area (Å²) in [5, 5.41) is 0. The van der Waals surface area contributed by atoms with Crippen LogP contribution in [0.3, 0.4) is 0 Å². The van der Waals surface area contributed by atoms with Gasteiger partial charge in [-0.15, -0.1) is 0 Å². The van der Waals surface area contributed by atoms with E-state index in [-0.39, 0.29) is 5.91 Å². The Morgan fingerprint density at radius 1 is 1.21 bits per heavy atom. The molecule has 4 nitrogen and oxygen atoms in total. The van der Waals surface area contributed by atoms with Gasteiger partial charge in [0.15, 0.2) is 0 Å². The van der Waals surface area contributed by atoms with Crippen LogP contribution < -0.4 is 10.6 Å². The summed E-state index contributed by atoms with van der Waals surface area (Å²) in [4.78, 5) is 16.1. The number of amides is 1. The molecule has 0 fully saturated rings. The van der Waals surface area contributed by atoms with Crippen molar-refractivity contribution in [2.45, 2.75) is 26.7 Å². The summed E-state index contributed by atoms with van der Waals surface area (Å²) in [6.45, 7) is 6.61. The van der Waals surface area contributed by atoms with Crippen molar-refractivity contribution >= 4 is 17.3 Å². The Labute approximate surface area is 116 Å². The minimum Gasteiger partial charge on any atom is -0.399 e. The topological polar surface area (TPSA) is 49.6 Å². The molecule has 0 heterocycles. The molecule has 1 aromatic carbocycles. The third kappa shape index (κ3) is 4.91. The fourth-order valence-corrected chi connectivity index (χ4v) is 1.87. The number of rotatable bonds is 7. The van der Waals surface area contributed by atoms with Gasteiger partial charge in [0.2, 0.25) is 5.91 Å². The van der Waals surface area contributed by atoms with Gasteiger partial charge in [-0.3, -0.25) is 9.69 Å². The predicted octanol–water partition coefficient (Wildman–Crippen LogP) is 2.35. The molecule has 0 spiro atoms. The van der Waals surface area contributed by atoms with Gasteiger partial charge in [0.05, 0.1) is 6.54 Å². The van der Waals surface area contributed by atoms with Crippen LogP contribution in [0.2, 0.25) is 0 Å². The molecule has 19 heavy (non-hydrogen) atoms. The van der Waals surface area contributed by atoms with Gasteiger partial charge < -0.3 is 10.6 Å². The van der Waals surface area contributed by atoms with Crippen LogP contribution >= 0.6 is 0 Å². The molecule has 1 rings (SSSR count). The van der Waals surface area contributed by atoms with E-state index in [0.717, 1.165) is 31.6 Å². The number of nitrogen functional groups attached to an aromatic ring is 1. The standard InChI is InChI=1S/C15H25N3O/c1-4-6-11-18(5-2)12-15(19)17(3)14-9-7-13(16)8-10-14/h7-10H,4-6,11-12,16H2,1-3H3. The second-order valence-electron chi connectivity index (χ2n) is 4.77. The number of anilines is 2. The Bertz CT molecular complexity index is 389. The Balaban J connectivity index is 2.58. The van der Waals surface area contributed by atoms with Gasteiger partial charge in [0, 0.05) is 18.4 Å². The average molecular weight is 263 g/mol. The lowest BCUT2D eigenvalue weighted by Crippen LogP contribution is -2.38. The van der Waals surface area contributed by atoms with Gasteiger partial charge in [-0.05, 0) is 43.8 Å². The number of nitrogens with two attached hydrogens (primary N) is 1. The molecule has 0 aliphatic heterocycles. The Morgan fingerprint density at radius 3 is 2.37 bits per heavy atom. The molecular formula is C15H25N3O. The zero-order chi connectivity index (χ0) is 14.3. The molecule has 1 amide bonds.